The van der Waals surface area contributed by atoms with E-state index < -0.39 is 5.91 Å². The van der Waals surface area contributed by atoms with Crippen LogP contribution in [0.4, 0.5) is 0 Å². The van der Waals surface area contributed by atoms with Gasteiger partial charge >= 0.3 is 0 Å². The second kappa shape index (κ2) is 7.54. The highest BCUT2D eigenvalue weighted by atomic mass is 32.1. The monoisotopic (exact) mass is 304 g/mol. The Kier molecular flexibility index (Phi) is 5.45. The number of ether oxygens (including phenoxy) is 1. The van der Waals surface area contributed by atoms with Crippen molar-refractivity contribution < 1.29 is 14.3 Å². The molecule has 0 aliphatic heterocycles. The van der Waals surface area contributed by atoms with Gasteiger partial charge in [0.15, 0.2) is 0 Å². The predicted octanol–water partition coefficient (Wildman–Crippen LogP) is 2.21. The number of rotatable bonds is 8. The van der Waals surface area contributed by atoms with Crippen LogP contribution in [0.2, 0.25) is 0 Å². The van der Waals surface area contributed by atoms with Gasteiger partial charge in [0.1, 0.15) is 21.4 Å². The van der Waals surface area contributed by atoms with Crippen LogP contribution >= 0.6 is 11.3 Å². The van der Waals surface area contributed by atoms with E-state index in [-0.39, 0.29) is 12.2 Å². The number of hydrogen-bond donors (Lipinski definition) is 1. The Bertz CT molecular complexity index is 610. The fourth-order valence-corrected chi connectivity index (χ4v) is 2.54. The first-order valence-corrected chi connectivity index (χ1v) is 7.41. The number of benzene rings is 1. The Morgan fingerprint density at radius 1 is 1.24 bits per heavy atom. The standard InChI is InChI=1S/C15H16N2O3S/c16-15(19)13-10-17-14(21-13)9-11(18)5-4-8-20-12-6-2-1-3-7-12/h1-3,6-7,10H,4-5,8-9H2,(H2,16,19). The predicted molar refractivity (Wildman–Crippen MR) is 80.5 cm³/mol. The molecule has 0 aliphatic rings. The number of ketones is 1. The third kappa shape index (κ3) is 5.00. The van der Waals surface area contributed by atoms with Gasteiger partial charge in [0.25, 0.3) is 5.91 Å². The SMILES string of the molecule is NC(=O)c1cnc(CC(=O)CCCOc2ccccc2)s1. The van der Waals surface area contributed by atoms with Crippen molar-refractivity contribution in [2.75, 3.05) is 6.61 Å². The number of para-hydroxylation sites is 1. The summed E-state index contributed by atoms with van der Waals surface area (Å²) in [5.41, 5.74) is 5.14. The molecular formula is C15H16N2O3S. The number of hydrogen-bond acceptors (Lipinski definition) is 5. The first kappa shape index (κ1) is 15.2. The zero-order valence-corrected chi connectivity index (χ0v) is 12.3. The van der Waals surface area contributed by atoms with Gasteiger partial charge in [0.2, 0.25) is 0 Å². The van der Waals surface area contributed by atoms with Gasteiger partial charge < -0.3 is 10.5 Å². The van der Waals surface area contributed by atoms with Gasteiger partial charge in [-0.05, 0) is 18.6 Å². The van der Waals surface area contributed by atoms with Crippen LogP contribution in [-0.4, -0.2) is 23.3 Å². The molecule has 2 N–H and O–H groups in total. The van der Waals surface area contributed by atoms with Crippen molar-refractivity contribution >= 4 is 23.0 Å². The van der Waals surface area contributed by atoms with Crippen LogP contribution in [0.25, 0.3) is 0 Å². The summed E-state index contributed by atoms with van der Waals surface area (Å²) < 4.78 is 5.52. The van der Waals surface area contributed by atoms with Crippen LogP contribution in [0, 0.1) is 0 Å². The lowest BCUT2D eigenvalue weighted by Crippen LogP contribution is -2.08. The largest absolute Gasteiger partial charge is 0.494 e. The summed E-state index contributed by atoms with van der Waals surface area (Å²) in [4.78, 5) is 27.1. The van der Waals surface area contributed by atoms with Gasteiger partial charge in [-0.25, -0.2) is 4.98 Å². The maximum absolute atomic E-state index is 11.8. The Morgan fingerprint density at radius 3 is 2.67 bits per heavy atom. The molecule has 110 valence electrons. The highest BCUT2D eigenvalue weighted by molar-refractivity contribution is 7.13. The molecule has 0 bridgehead atoms. The minimum absolute atomic E-state index is 0.0806. The Balaban J connectivity index is 1.68. The molecule has 6 heteroatoms. The summed E-state index contributed by atoms with van der Waals surface area (Å²) in [5, 5.41) is 0.623. The van der Waals surface area contributed by atoms with E-state index in [2.05, 4.69) is 4.98 Å². The van der Waals surface area contributed by atoms with Gasteiger partial charge in [-0.3, -0.25) is 9.59 Å². The molecule has 0 spiro atoms. The first-order chi connectivity index (χ1) is 10.1. The van der Waals surface area contributed by atoms with Crippen molar-refractivity contribution in [3.05, 3.63) is 46.4 Å². The van der Waals surface area contributed by atoms with Crippen LogP contribution < -0.4 is 10.5 Å². The minimum atomic E-state index is -0.512. The molecule has 1 aromatic carbocycles. The average Bonchev–Trinajstić information content (AvgIpc) is 2.93. The number of nitrogens with zero attached hydrogens (tertiary/aromatic N) is 1. The van der Waals surface area contributed by atoms with Crippen molar-refractivity contribution in [1.29, 1.82) is 0 Å². The van der Waals surface area contributed by atoms with Crippen molar-refractivity contribution in [3.63, 3.8) is 0 Å². The molecule has 21 heavy (non-hydrogen) atoms. The average molecular weight is 304 g/mol. The number of amides is 1. The molecule has 0 atom stereocenters. The van der Waals surface area contributed by atoms with E-state index in [9.17, 15) is 9.59 Å². The summed E-state index contributed by atoms with van der Waals surface area (Å²) in [5.74, 6) is 0.371. The number of nitrogens with two attached hydrogens (primary N) is 1. The molecule has 0 unspecified atom stereocenters. The summed E-state index contributed by atoms with van der Waals surface area (Å²) in [6.45, 7) is 0.500. The fourth-order valence-electron chi connectivity index (χ4n) is 1.74. The second-order valence-electron chi connectivity index (χ2n) is 4.46. The van der Waals surface area contributed by atoms with Crippen molar-refractivity contribution in [2.45, 2.75) is 19.3 Å². The summed E-state index contributed by atoms with van der Waals surface area (Å²) in [7, 11) is 0. The molecule has 0 saturated heterocycles. The number of primary amides is 1. The Morgan fingerprint density at radius 2 is 2.00 bits per heavy atom. The number of carbonyl (C=O) groups is 2. The van der Waals surface area contributed by atoms with Gasteiger partial charge in [0, 0.05) is 6.42 Å². The second-order valence-corrected chi connectivity index (χ2v) is 5.58. The molecule has 0 fully saturated rings. The highest BCUT2D eigenvalue weighted by Gasteiger charge is 2.10. The summed E-state index contributed by atoms with van der Waals surface area (Å²) >= 11 is 1.17. The molecule has 2 aromatic rings. The van der Waals surface area contributed by atoms with Crippen molar-refractivity contribution in [2.24, 2.45) is 5.73 Å². The molecule has 1 amide bonds. The van der Waals surface area contributed by atoms with Crippen molar-refractivity contribution in [1.82, 2.24) is 4.98 Å². The topological polar surface area (TPSA) is 82.3 Å². The molecule has 0 aliphatic carbocycles. The van der Waals surface area contributed by atoms with Crippen molar-refractivity contribution in [3.8, 4) is 5.75 Å². The number of aromatic nitrogens is 1. The Labute approximate surface area is 126 Å². The van der Waals surface area contributed by atoms with Crippen LogP contribution in [0.1, 0.15) is 27.5 Å². The van der Waals surface area contributed by atoms with E-state index in [4.69, 9.17) is 10.5 Å². The number of thiazole rings is 1. The normalized spacial score (nSPS) is 10.3. The lowest BCUT2D eigenvalue weighted by molar-refractivity contribution is -0.118. The molecular weight excluding hydrogens is 288 g/mol. The van der Waals surface area contributed by atoms with E-state index >= 15 is 0 Å². The Hall–Kier alpha value is -2.21. The van der Waals surface area contributed by atoms with E-state index in [0.717, 1.165) is 5.75 Å². The van der Waals surface area contributed by atoms with Crippen LogP contribution in [0.15, 0.2) is 36.5 Å². The van der Waals surface area contributed by atoms with Crippen LogP contribution in [0.5, 0.6) is 5.75 Å². The van der Waals surface area contributed by atoms with Gasteiger partial charge in [-0.15, -0.1) is 11.3 Å². The number of carbonyl (C=O) groups excluding carboxylic acids is 2. The minimum Gasteiger partial charge on any atom is -0.494 e. The van der Waals surface area contributed by atoms with Gasteiger partial charge in [-0.2, -0.15) is 0 Å². The molecule has 2 rings (SSSR count). The van der Waals surface area contributed by atoms with Gasteiger partial charge in [0.05, 0.1) is 19.2 Å². The van der Waals surface area contributed by atoms with E-state index in [1.165, 1.54) is 17.5 Å². The third-order valence-corrected chi connectivity index (χ3v) is 3.77. The van der Waals surface area contributed by atoms with E-state index in [0.29, 0.717) is 29.3 Å². The smallest absolute Gasteiger partial charge is 0.260 e. The van der Waals surface area contributed by atoms with Crippen LogP contribution in [0.3, 0.4) is 0 Å². The van der Waals surface area contributed by atoms with Crippen LogP contribution in [-0.2, 0) is 11.2 Å². The lowest BCUT2D eigenvalue weighted by atomic mass is 10.2. The third-order valence-electron chi connectivity index (χ3n) is 2.76. The summed E-state index contributed by atoms with van der Waals surface area (Å²) in [6, 6.07) is 9.48. The first-order valence-electron chi connectivity index (χ1n) is 6.59. The molecule has 5 nitrogen and oxygen atoms in total. The zero-order valence-electron chi connectivity index (χ0n) is 11.5. The van der Waals surface area contributed by atoms with E-state index in [1.54, 1.807) is 0 Å². The highest BCUT2D eigenvalue weighted by Crippen LogP contribution is 2.14. The zero-order chi connectivity index (χ0) is 15.1. The quantitative estimate of drug-likeness (QED) is 0.758. The molecule has 1 heterocycles. The molecule has 0 saturated carbocycles. The lowest BCUT2D eigenvalue weighted by Gasteiger charge is -2.04. The molecule has 0 radical (unpaired) electrons. The maximum atomic E-state index is 11.8. The van der Waals surface area contributed by atoms with Gasteiger partial charge in [-0.1, -0.05) is 18.2 Å². The fraction of sp³-hybridized carbons (Fsp3) is 0.267. The number of Topliss-reactive ketones (excluding diaryl/α,β-unsaturated/α-hetero) is 1. The molecule has 1 aromatic heterocycles. The summed E-state index contributed by atoms with van der Waals surface area (Å²) in [6.07, 6.45) is 2.73. The maximum Gasteiger partial charge on any atom is 0.260 e. The van der Waals surface area contributed by atoms with E-state index in [1.807, 2.05) is 30.3 Å².